The van der Waals surface area contributed by atoms with Crippen molar-refractivity contribution >= 4 is 27.7 Å². The van der Waals surface area contributed by atoms with Gasteiger partial charge in [-0.3, -0.25) is 0 Å². The topological polar surface area (TPSA) is 30.7 Å². The highest BCUT2D eigenvalue weighted by Crippen LogP contribution is 2.24. The predicted molar refractivity (Wildman–Crippen MR) is 64.7 cm³/mol. The number of aryl methyl sites for hydroxylation is 1. The molecule has 15 heavy (non-hydrogen) atoms. The summed E-state index contributed by atoms with van der Waals surface area (Å²) in [6.07, 6.45) is 1.72. The highest BCUT2D eigenvalue weighted by atomic mass is 79.9. The monoisotopic (exact) mass is 283 g/mol. The maximum atomic E-state index is 4.03. The summed E-state index contributed by atoms with van der Waals surface area (Å²) < 4.78 is 3.04. The summed E-state index contributed by atoms with van der Waals surface area (Å²) in [4.78, 5) is 1.23. The lowest BCUT2D eigenvalue weighted by Crippen LogP contribution is -1.94. The van der Waals surface area contributed by atoms with E-state index in [1.165, 1.54) is 4.90 Å². The summed E-state index contributed by atoms with van der Waals surface area (Å²) in [7, 11) is 1.96. The minimum absolute atomic E-state index is 0.840. The summed E-state index contributed by atoms with van der Waals surface area (Å²) >= 11 is 5.20. The number of thioether (sulfide) groups is 1. The lowest BCUT2D eigenvalue weighted by Gasteiger charge is -2.01. The fourth-order valence-corrected chi connectivity index (χ4v) is 2.64. The van der Waals surface area contributed by atoms with Crippen LogP contribution in [0.4, 0.5) is 0 Å². The second kappa shape index (κ2) is 4.81. The van der Waals surface area contributed by atoms with Crippen LogP contribution in [-0.4, -0.2) is 14.8 Å². The summed E-state index contributed by atoms with van der Waals surface area (Å²) in [5, 5.41) is 7.88. The van der Waals surface area contributed by atoms with E-state index in [1.807, 2.05) is 23.7 Å². The van der Waals surface area contributed by atoms with Gasteiger partial charge in [0, 0.05) is 16.4 Å². The maximum Gasteiger partial charge on any atom is 0.142 e. The molecular formula is C10H10BrN3S. The third-order valence-corrected chi connectivity index (χ3v) is 3.45. The van der Waals surface area contributed by atoms with Crippen molar-refractivity contribution in [2.75, 3.05) is 0 Å². The first-order valence-electron chi connectivity index (χ1n) is 4.47. The molecule has 0 unspecified atom stereocenters. The van der Waals surface area contributed by atoms with Gasteiger partial charge >= 0.3 is 0 Å². The molecule has 2 aromatic rings. The Hall–Kier alpha value is -0.810. The van der Waals surface area contributed by atoms with E-state index in [4.69, 9.17) is 0 Å². The number of benzene rings is 1. The molecule has 0 bridgehead atoms. The van der Waals surface area contributed by atoms with Gasteiger partial charge in [-0.05, 0) is 18.2 Å². The Morgan fingerprint density at radius 3 is 3.00 bits per heavy atom. The van der Waals surface area contributed by atoms with E-state index in [1.54, 1.807) is 18.1 Å². The van der Waals surface area contributed by atoms with Crippen LogP contribution in [0.2, 0.25) is 0 Å². The summed E-state index contributed by atoms with van der Waals surface area (Å²) in [6, 6.07) is 8.24. The predicted octanol–water partition coefficient (Wildman–Crippen LogP) is 2.87. The molecule has 0 atom stereocenters. The van der Waals surface area contributed by atoms with Gasteiger partial charge in [0.1, 0.15) is 12.2 Å². The Kier molecular flexibility index (Phi) is 3.43. The Bertz CT molecular complexity index is 455. The molecule has 3 nitrogen and oxygen atoms in total. The molecule has 1 aromatic carbocycles. The minimum Gasteiger partial charge on any atom is -0.320 e. The van der Waals surface area contributed by atoms with Crippen LogP contribution < -0.4 is 0 Å². The third-order valence-electron chi connectivity index (χ3n) is 1.97. The maximum absolute atomic E-state index is 4.03. The standard InChI is InChI=1S/C10H10BrN3S/c1-14-7-12-13-10(14)6-15-9-4-2-3-8(11)5-9/h2-5,7H,6H2,1H3. The largest absolute Gasteiger partial charge is 0.320 e. The Morgan fingerprint density at radius 2 is 2.33 bits per heavy atom. The van der Waals surface area contributed by atoms with Crippen LogP contribution in [0.1, 0.15) is 5.82 Å². The van der Waals surface area contributed by atoms with Crippen LogP contribution in [-0.2, 0) is 12.8 Å². The second-order valence-electron chi connectivity index (χ2n) is 3.10. The molecule has 2 rings (SSSR count). The van der Waals surface area contributed by atoms with Crippen molar-refractivity contribution in [2.45, 2.75) is 10.6 Å². The van der Waals surface area contributed by atoms with E-state index in [2.05, 4.69) is 38.3 Å². The average molecular weight is 284 g/mol. The van der Waals surface area contributed by atoms with E-state index in [0.29, 0.717) is 0 Å². The van der Waals surface area contributed by atoms with Crippen molar-refractivity contribution in [1.82, 2.24) is 14.8 Å². The molecule has 0 aliphatic carbocycles. The average Bonchev–Trinajstić information content (AvgIpc) is 2.61. The van der Waals surface area contributed by atoms with Crippen LogP contribution in [0.5, 0.6) is 0 Å². The molecule has 0 spiro atoms. The Morgan fingerprint density at radius 1 is 1.47 bits per heavy atom. The van der Waals surface area contributed by atoms with Crippen molar-refractivity contribution in [3.05, 3.63) is 40.9 Å². The number of hydrogen-bond acceptors (Lipinski definition) is 3. The molecule has 0 radical (unpaired) electrons. The Labute approximate surface area is 101 Å². The van der Waals surface area contributed by atoms with Crippen molar-refractivity contribution in [1.29, 1.82) is 0 Å². The van der Waals surface area contributed by atoms with E-state index < -0.39 is 0 Å². The lowest BCUT2D eigenvalue weighted by atomic mass is 10.4. The molecule has 5 heteroatoms. The SMILES string of the molecule is Cn1cnnc1CSc1cccc(Br)c1. The van der Waals surface area contributed by atoms with Gasteiger partial charge in [0.2, 0.25) is 0 Å². The Balaban J connectivity index is 2.02. The van der Waals surface area contributed by atoms with Crippen molar-refractivity contribution in [2.24, 2.45) is 7.05 Å². The zero-order valence-corrected chi connectivity index (χ0v) is 10.6. The number of halogens is 1. The van der Waals surface area contributed by atoms with Crippen LogP contribution in [0.3, 0.4) is 0 Å². The molecule has 1 aromatic heterocycles. The van der Waals surface area contributed by atoms with E-state index in [0.717, 1.165) is 16.0 Å². The quantitative estimate of drug-likeness (QED) is 0.812. The second-order valence-corrected chi connectivity index (χ2v) is 5.07. The first-order chi connectivity index (χ1) is 7.25. The van der Waals surface area contributed by atoms with Gasteiger partial charge in [-0.1, -0.05) is 22.0 Å². The number of aromatic nitrogens is 3. The zero-order chi connectivity index (χ0) is 10.7. The third kappa shape index (κ3) is 2.82. The fraction of sp³-hybridized carbons (Fsp3) is 0.200. The van der Waals surface area contributed by atoms with Gasteiger partial charge in [0.15, 0.2) is 0 Å². The van der Waals surface area contributed by atoms with E-state index in [-0.39, 0.29) is 0 Å². The molecule has 0 aliphatic heterocycles. The molecule has 1 heterocycles. The molecule has 0 saturated carbocycles. The van der Waals surface area contributed by atoms with Gasteiger partial charge in [0.05, 0.1) is 5.75 Å². The number of rotatable bonds is 3. The first-order valence-corrected chi connectivity index (χ1v) is 6.25. The highest BCUT2D eigenvalue weighted by Gasteiger charge is 2.01. The summed E-state index contributed by atoms with van der Waals surface area (Å²) in [5.41, 5.74) is 0. The number of hydrogen-bond donors (Lipinski definition) is 0. The van der Waals surface area contributed by atoms with Gasteiger partial charge in [-0.15, -0.1) is 22.0 Å². The van der Waals surface area contributed by atoms with E-state index >= 15 is 0 Å². The summed E-state index contributed by atoms with van der Waals surface area (Å²) in [6.45, 7) is 0. The van der Waals surface area contributed by atoms with Gasteiger partial charge in [-0.2, -0.15) is 0 Å². The van der Waals surface area contributed by atoms with Crippen molar-refractivity contribution in [3.8, 4) is 0 Å². The first kappa shape index (κ1) is 10.7. The van der Waals surface area contributed by atoms with Crippen molar-refractivity contribution in [3.63, 3.8) is 0 Å². The van der Waals surface area contributed by atoms with Crippen LogP contribution in [0, 0.1) is 0 Å². The van der Waals surface area contributed by atoms with Crippen LogP contribution in [0.25, 0.3) is 0 Å². The molecule has 0 aliphatic rings. The summed E-state index contributed by atoms with van der Waals surface area (Å²) in [5.74, 6) is 1.83. The van der Waals surface area contributed by atoms with Gasteiger partial charge in [0.25, 0.3) is 0 Å². The number of nitrogens with zero attached hydrogens (tertiary/aromatic N) is 3. The molecule has 78 valence electrons. The van der Waals surface area contributed by atoms with Gasteiger partial charge in [-0.25, -0.2) is 0 Å². The molecular weight excluding hydrogens is 274 g/mol. The van der Waals surface area contributed by atoms with Gasteiger partial charge < -0.3 is 4.57 Å². The fourth-order valence-electron chi connectivity index (χ4n) is 1.14. The molecule has 0 N–H and O–H groups in total. The van der Waals surface area contributed by atoms with Crippen LogP contribution in [0.15, 0.2) is 40.0 Å². The minimum atomic E-state index is 0.840. The molecule has 0 saturated heterocycles. The van der Waals surface area contributed by atoms with E-state index in [9.17, 15) is 0 Å². The van der Waals surface area contributed by atoms with Crippen LogP contribution >= 0.6 is 27.7 Å². The highest BCUT2D eigenvalue weighted by molar-refractivity contribution is 9.10. The normalized spacial score (nSPS) is 10.5. The smallest absolute Gasteiger partial charge is 0.142 e. The zero-order valence-electron chi connectivity index (χ0n) is 8.22. The van der Waals surface area contributed by atoms with Crippen molar-refractivity contribution < 1.29 is 0 Å². The lowest BCUT2D eigenvalue weighted by molar-refractivity contribution is 0.849. The molecule has 0 amide bonds. The molecule has 0 fully saturated rings.